The van der Waals surface area contributed by atoms with Crippen LogP contribution in [-0.2, 0) is 30.3 Å². The first-order valence-corrected chi connectivity index (χ1v) is 13.8. The molecule has 9 nitrogen and oxygen atoms in total. The topological polar surface area (TPSA) is 114 Å². The van der Waals surface area contributed by atoms with Crippen LogP contribution in [0.15, 0.2) is 36.4 Å². The van der Waals surface area contributed by atoms with E-state index in [-0.39, 0.29) is 17.8 Å². The molecule has 0 bridgehead atoms. The van der Waals surface area contributed by atoms with Gasteiger partial charge in [0.25, 0.3) is 5.91 Å². The van der Waals surface area contributed by atoms with Crippen molar-refractivity contribution in [2.75, 3.05) is 0 Å². The fourth-order valence-corrected chi connectivity index (χ4v) is 5.14. The molecule has 5 rings (SSSR count). The molecule has 1 aliphatic carbocycles. The number of alkyl halides is 3. The Labute approximate surface area is 244 Å². The van der Waals surface area contributed by atoms with Crippen molar-refractivity contribution in [2.45, 2.75) is 71.3 Å². The number of benzene rings is 2. The van der Waals surface area contributed by atoms with E-state index in [0.717, 1.165) is 18.1 Å². The Morgan fingerprint density at radius 3 is 2.62 bits per heavy atom. The number of imidazole rings is 1. The van der Waals surface area contributed by atoms with Crippen LogP contribution >= 0.6 is 11.6 Å². The van der Waals surface area contributed by atoms with Gasteiger partial charge in [-0.3, -0.25) is 4.79 Å². The molecule has 0 radical (unpaired) electrons. The molecule has 2 heterocycles. The van der Waals surface area contributed by atoms with Gasteiger partial charge in [0, 0.05) is 16.3 Å². The number of rotatable bonds is 6. The number of nitrogens with one attached hydrogen (secondary N) is 3. The average molecular weight is 603 g/mol. The highest BCUT2D eigenvalue weighted by molar-refractivity contribution is 6.31. The molecule has 3 N–H and O–H groups in total. The molecule has 1 atom stereocenters. The summed E-state index contributed by atoms with van der Waals surface area (Å²) in [5.74, 6) is -0.251. The number of carbonyl (C=O) groups is 2. The number of hydrogen-bond acceptors (Lipinski definition) is 5. The summed E-state index contributed by atoms with van der Waals surface area (Å²) in [6.45, 7) is 6.89. The molecule has 13 heteroatoms. The third kappa shape index (κ3) is 6.23. The van der Waals surface area contributed by atoms with E-state index < -0.39 is 35.4 Å². The first-order valence-electron chi connectivity index (χ1n) is 13.4. The first kappa shape index (κ1) is 29.4. The van der Waals surface area contributed by atoms with Crippen molar-refractivity contribution in [3.8, 4) is 5.69 Å². The summed E-state index contributed by atoms with van der Waals surface area (Å²) in [4.78, 5) is 32.7. The minimum Gasteiger partial charge on any atom is -0.444 e. The molecule has 2 amide bonds. The van der Waals surface area contributed by atoms with Gasteiger partial charge in [0.2, 0.25) is 0 Å². The quantitative estimate of drug-likeness (QED) is 0.235. The number of hydrogen-bond donors (Lipinski definition) is 3. The van der Waals surface area contributed by atoms with Gasteiger partial charge in [-0.15, -0.1) is 0 Å². The summed E-state index contributed by atoms with van der Waals surface area (Å²) in [5.41, 5.74) is 1.21. The van der Waals surface area contributed by atoms with Gasteiger partial charge >= 0.3 is 12.3 Å². The van der Waals surface area contributed by atoms with Gasteiger partial charge < -0.3 is 20.4 Å². The van der Waals surface area contributed by atoms with Crippen LogP contribution in [0.1, 0.15) is 78.9 Å². The van der Waals surface area contributed by atoms with Crippen LogP contribution < -0.4 is 10.6 Å². The zero-order valence-electron chi connectivity index (χ0n) is 23.4. The normalized spacial score (nSPS) is 14.1. The average Bonchev–Trinajstić information content (AvgIpc) is 3.61. The van der Waals surface area contributed by atoms with E-state index in [1.54, 1.807) is 45.9 Å². The van der Waals surface area contributed by atoms with Gasteiger partial charge in [-0.25, -0.2) is 14.5 Å². The van der Waals surface area contributed by atoms with Gasteiger partial charge in [-0.2, -0.15) is 18.3 Å². The number of aromatic nitrogens is 4. The molecule has 1 aliphatic rings. The van der Waals surface area contributed by atoms with Crippen LogP contribution in [0.2, 0.25) is 5.02 Å². The fraction of sp³-hybridized carbons (Fsp3) is 0.379. The molecule has 0 spiro atoms. The van der Waals surface area contributed by atoms with Gasteiger partial charge in [0.05, 0.1) is 40.6 Å². The summed E-state index contributed by atoms with van der Waals surface area (Å²) in [7, 11) is 0. The second-order valence-electron chi connectivity index (χ2n) is 11.2. The molecule has 0 saturated heterocycles. The number of halogens is 4. The van der Waals surface area contributed by atoms with E-state index in [1.807, 2.05) is 0 Å². The van der Waals surface area contributed by atoms with E-state index in [0.29, 0.717) is 46.1 Å². The lowest BCUT2D eigenvalue weighted by molar-refractivity contribution is -0.137. The highest BCUT2D eigenvalue weighted by atomic mass is 35.5. The number of aromatic amines is 1. The lowest BCUT2D eigenvalue weighted by atomic mass is 10.1. The van der Waals surface area contributed by atoms with Crippen molar-refractivity contribution in [3.05, 3.63) is 75.3 Å². The van der Waals surface area contributed by atoms with E-state index in [9.17, 15) is 22.8 Å². The third-order valence-electron chi connectivity index (χ3n) is 6.82. The molecule has 0 saturated carbocycles. The zero-order chi connectivity index (χ0) is 30.4. The number of nitrogens with zero attached hydrogens (tertiary/aromatic N) is 3. The van der Waals surface area contributed by atoms with Gasteiger partial charge in [0.1, 0.15) is 11.4 Å². The lowest BCUT2D eigenvalue weighted by Gasteiger charge is -2.19. The number of amides is 2. The zero-order valence-corrected chi connectivity index (χ0v) is 24.2. The van der Waals surface area contributed by atoms with Gasteiger partial charge in [-0.1, -0.05) is 11.6 Å². The van der Waals surface area contributed by atoms with Crippen molar-refractivity contribution in [1.29, 1.82) is 0 Å². The Morgan fingerprint density at radius 2 is 1.90 bits per heavy atom. The van der Waals surface area contributed by atoms with Crippen LogP contribution in [0.25, 0.3) is 16.7 Å². The van der Waals surface area contributed by atoms with Gasteiger partial charge in [-0.05, 0) is 88.9 Å². The predicted octanol–water partition coefficient (Wildman–Crippen LogP) is 6.43. The largest absolute Gasteiger partial charge is 0.444 e. The minimum atomic E-state index is -4.76. The van der Waals surface area contributed by atoms with E-state index >= 15 is 0 Å². The second-order valence-corrected chi connectivity index (χ2v) is 11.6. The van der Waals surface area contributed by atoms with Crippen LogP contribution in [0.5, 0.6) is 0 Å². The second kappa shape index (κ2) is 11.0. The maximum absolute atomic E-state index is 14.4. The molecule has 2 aromatic heterocycles. The summed E-state index contributed by atoms with van der Waals surface area (Å²) in [6.07, 6.45) is -3.49. The maximum Gasteiger partial charge on any atom is 0.418 e. The smallest absolute Gasteiger partial charge is 0.418 e. The molecular weight excluding hydrogens is 573 g/mol. The number of fused-ring (bicyclic) bond motifs is 2. The summed E-state index contributed by atoms with van der Waals surface area (Å²) >= 11 is 6.02. The standard InChI is InChI=1S/C29H30ClF3N6O3/c1-15(25-36-20-10-9-17(30)13-21(20)37-25)35-26(40)16-8-11-24(19(12-16)29(31,32)33)39-23-7-5-6-18(23)22(38-39)14-34-27(41)42-28(2,3)4/h8-13,15H,5-7,14H2,1-4H3,(H,34,41)(H,35,40)(H,36,37)/t15-/m0/s1. The highest BCUT2D eigenvalue weighted by Gasteiger charge is 2.37. The molecule has 42 heavy (non-hydrogen) atoms. The molecule has 0 fully saturated rings. The molecule has 0 unspecified atom stereocenters. The maximum atomic E-state index is 14.4. The Balaban J connectivity index is 1.40. The van der Waals surface area contributed by atoms with Crippen LogP contribution in [0.3, 0.4) is 0 Å². The molecule has 0 aliphatic heterocycles. The Hall–Kier alpha value is -4.06. The van der Waals surface area contributed by atoms with E-state index in [1.165, 1.54) is 16.8 Å². The third-order valence-corrected chi connectivity index (χ3v) is 7.06. The van der Waals surface area contributed by atoms with Crippen molar-refractivity contribution < 1.29 is 27.5 Å². The lowest BCUT2D eigenvalue weighted by Crippen LogP contribution is -2.32. The predicted molar refractivity (Wildman–Crippen MR) is 151 cm³/mol. The summed E-state index contributed by atoms with van der Waals surface area (Å²) in [5, 5.41) is 10.3. The monoisotopic (exact) mass is 602 g/mol. The Bertz CT molecular complexity index is 1670. The molecule has 222 valence electrons. The number of H-pyrrole nitrogens is 1. The number of carbonyl (C=O) groups excluding carboxylic acids is 2. The molecule has 4 aromatic rings. The van der Waals surface area contributed by atoms with Crippen LogP contribution in [0, 0.1) is 0 Å². The summed E-state index contributed by atoms with van der Waals surface area (Å²) in [6, 6.07) is 7.92. The van der Waals surface area contributed by atoms with E-state index in [2.05, 4.69) is 25.7 Å². The minimum absolute atomic E-state index is 0.0119. The van der Waals surface area contributed by atoms with E-state index in [4.69, 9.17) is 16.3 Å². The SMILES string of the molecule is C[C@H](NC(=O)c1ccc(-n2nc(CNC(=O)OC(C)(C)C)c3c2CCC3)c(C(F)(F)F)c1)c1nc2ccc(Cl)cc2[nH]1. The highest BCUT2D eigenvalue weighted by Crippen LogP contribution is 2.37. The van der Waals surface area contributed by atoms with Crippen molar-refractivity contribution in [2.24, 2.45) is 0 Å². The number of ether oxygens (including phenoxy) is 1. The number of alkyl carbamates (subject to hydrolysis) is 1. The Morgan fingerprint density at radius 1 is 1.14 bits per heavy atom. The molecular formula is C29H30ClF3N6O3. The van der Waals surface area contributed by atoms with Crippen molar-refractivity contribution >= 4 is 34.6 Å². The van der Waals surface area contributed by atoms with Crippen molar-refractivity contribution in [3.63, 3.8) is 0 Å². The van der Waals surface area contributed by atoms with Crippen LogP contribution in [-0.4, -0.2) is 37.3 Å². The fourth-order valence-electron chi connectivity index (χ4n) is 4.97. The van der Waals surface area contributed by atoms with Crippen molar-refractivity contribution in [1.82, 2.24) is 30.4 Å². The first-order chi connectivity index (χ1) is 19.7. The summed E-state index contributed by atoms with van der Waals surface area (Å²) < 4.78 is 49.6. The molecule has 2 aromatic carbocycles. The van der Waals surface area contributed by atoms with Gasteiger partial charge in [0.15, 0.2) is 0 Å². The Kier molecular flexibility index (Phi) is 7.69. The van der Waals surface area contributed by atoms with Crippen LogP contribution in [0.4, 0.5) is 18.0 Å².